The van der Waals surface area contributed by atoms with Crippen molar-refractivity contribution >= 4 is 5.91 Å². The Labute approximate surface area is 117 Å². The Bertz CT molecular complexity index is 576. The van der Waals surface area contributed by atoms with E-state index >= 15 is 0 Å². The third-order valence-electron chi connectivity index (χ3n) is 3.30. The molecule has 1 N–H and O–H groups in total. The molecule has 20 heavy (non-hydrogen) atoms. The van der Waals surface area contributed by atoms with Gasteiger partial charge in [-0.05, 0) is 24.8 Å². The Kier molecular flexibility index (Phi) is 3.71. The van der Waals surface area contributed by atoms with Crippen molar-refractivity contribution in [2.24, 2.45) is 5.92 Å². The average Bonchev–Trinajstić information content (AvgIpc) is 3.15. The smallest absolute Gasteiger partial charge is 0.220 e. The van der Waals surface area contributed by atoms with Gasteiger partial charge in [0, 0.05) is 31.6 Å². The zero-order valence-corrected chi connectivity index (χ0v) is 11.2. The Balaban J connectivity index is 1.48. The van der Waals surface area contributed by atoms with Gasteiger partial charge in [0.15, 0.2) is 0 Å². The Morgan fingerprint density at radius 3 is 3.00 bits per heavy atom. The number of rotatable bonds is 6. The summed E-state index contributed by atoms with van der Waals surface area (Å²) in [5.74, 6) is 0.775. The maximum Gasteiger partial charge on any atom is 0.220 e. The van der Waals surface area contributed by atoms with Crippen molar-refractivity contribution < 1.29 is 4.79 Å². The van der Waals surface area contributed by atoms with Gasteiger partial charge in [0.05, 0.1) is 12.7 Å². The molecule has 0 spiro atoms. The second-order valence-electron chi connectivity index (χ2n) is 5.05. The third-order valence-corrected chi connectivity index (χ3v) is 3.30. The standard InChI is InChI=1S/C14H17N5O/c20-14(9-11-1-2-11)17-6-8-19-7-3-12(18-19)13-10-15-4-5-16-13/h3-5,7,10-11H,1-2,6,8-9H2,(H,17,20). The van der Waals surface area contributed by atoms with Crippen molar-refractivity contribution in [1.29, 1.82) is 0 Å². The lowest BCUT2D eigenvalue weighted by molar-refractivity contribution is -0.121. The fraction of sp³-hybridized carbons (Fsp3) is 0.429. The largest absolute Gasteiger partial charge is 0.354 e. The summed E-state index contributed by atoms with van der Waals surface area (Å²) >= 11 is 0. The second kappa shape index (κ2) is 5.81. The van der Waals surface area contributed by atoms with E-state index in [2.05, 4.69) is 20.4 Å². The lowest BCUT2D eigenvalue weighted by Crippen LogP contribution is -2.27. The van der Waals surface area contributed by atoms with E-state index in [0.29, 0.717) is 25.4 Å². The fourth-order valence-corrected chi connectivity index (χ4v) is 2.02. The second-order valence-corrected chi connectivity index (χ2v) is 5.05. The normalized spacial score (nSPS) is 14.2. The topological polar surface area (TPSA) is 72.7 Å². The first-order chi connectivity index (χ1) is 9.81. The first kappa shape index (κ1) is 12.8. The van der Waals surface area contributed by atoms with Gasteiger partial charge in [-0.25, -0.2) is 0 Å². The average molecular weight is 271 g/mol. The van der Waals surface area contributed by atoms with Crippen molar-refractivity contribution in [3.63, 3.8) is 0 Å². The van der Waals surface area contributed by atoms with E-state index in [4.69, 9.17) is 0 Å². The van der Waals surface area contributed by atoms with Gasteiger partial charge in [0.2, 0.25) is 5.91 Å². The Morgan fingerprint density at radius 2 is 2.25 bits per heavy atom. The molecule has 0 saturated heterocycles. The van der Waals surface area contributed by atoms with Crippen LogP contribution in [-0.4, -0.2) is 32.2 Å². The van der Waals surface area contributed by atoms with E-state index in [0.717, 1.165) is 11.4 Å². The lowest BCUT2D eigenvalue weighted by atomic mass is 10.3. The summed E-state index contributed by atoms with van der Waals surface area (Å²) in [6, 6.07) is 1.90. The molecule has 0 unspecified atom stereocenters. The van der Waals surface area contributed by atoms with Crippen LogP contribution in [0.2, 0.25) is 0 Å². The molecule has 3 rings (SSSR count). The molecule has 0 atom stereocenters. The molecule has 1 saturated carbocycles. The van der Waals surface area contributed by atoms with Crippen molar-refractivity contribution in [3.05, 3.63) is 30.9 Å². The zero-order chi connectivity index (χ0) is 13.8. The van der Waals surface area contributed by atoms with Gasteiger partial charge in [-0.2, -0.15) is 5.10 Å². The van der Waals surface area contributed by atoms with E-state index in [1.165, 1.54) is 12.8 Å². The summed E-state index contributed by atoms with van der Waals surface area (Å²) in [6.45, 7) is 1.27. The molecule has 104 valence electrons. The van der Waals surface area contributed by atoms with Crippen molar-refractivity contribution in [1.82, 2.24) is 25.1 Å². The van der Waals surface area contributed by atoms with Crippen LogP contribution in [0.15, 0.2) is 30.9 Å². The van der Waals surface area contributed by atoms with Crippen LogP contribution in [0.1, 0.15) is 19.3 Å². The van der Waals surface area contributed by atoms with E-state index in [1.54, 1.807) is 23.3 Å². The first-order valence-corrected chi connectivity index (χ1v) is 6.88. The number of nitrogens with zero attached hydrogens (tertiary/aromatic N) is 4. The molecule has 0 aliphatic heterocycles. The quantitative estimate of drug-likeness (QED) is 0.858. The molecular weight excluding hydrogens is 254 g/mol. The molecule has 0 aromatic carbocycles. The van der Waals surface area contributed by atoms with Crippen LogP contribution in [0.25, 0.3) is 11.4 Å². The number of hydrogen-bond acceptors (Lipinski definition) is 4. The zero-order valence-electron chi connectivity index (χ0n) is 11.2. The van der Waals surface area contributed by atoms with Crippen LogP contribution in [0.3, 0.4) is 0 Å². The number of aromatic nitrogens is 4. The maximum absolute atomic E-state index is 11.6. The molecule has 2 aromatic rings. The van der Waals surface area contributed by atoms with Crippen LogP contribution in [0.5, 0.6) is 0 Å². The lowest BCUT2D eigenvalue weighted by Gasteiger charge is -2.04. The summed E-state index contributed by atoms with van der Waals surface area (Å²) in [4.78, 5) is 19.8. The van der Waals surface area contributed by atoms with Gasteiger partial charge in [-0.1, -0.05) is 0 Å². The van der Waals surface area contributed by atoms with Crippen LogP contribution in [-0.2, 0) is 11.3 Å². The third kappa shape index (κ3) is 3.40. The highest BCUT2D eigenvalue weighted by Crippen LogP contribution is 2.31. The summed E-state index contributed by atoms with van der Waals surface area (Å²) in [5, 5.41) is 7.34. The molecule has 2 heterocycles. The molecule has 2 aromatic heterocycles. The van der Waals surface area contributed by atoms with Crippen LogP contribution in [0.4, 0.5) is 0 Å². The van der Waals surface area contributed by atoms with Gasteiger partial charge in [0.25, 0.3) is 0 Å². The highest BCUT2D eigenvalue weighted by molar-refractivity contribution is 5.76. The van der Waals surface area contributed by atoms with E-state index in [9.17, 15) is 4.79 Å². The molecular formula is C14H17N5O. The molecule has 1 aliphatic rings. The molecule has 0 bridgehead atoms. The number of nitrogens with one attached hydrogen (secondary N) is 1. The van der Waals surface area contributed by atoms with Crippen molar-refractivity contribution in [2.45, 2.75) is 25.8 Å². The first-order valence-electron chi connectivity index (χ1n) is 6.88. The number of carbonyl (C=O) groups excluding carboxylic acids is 1. The molecule has 1 fully saturated rings. The number of amides is 1. The van der Waals surface area contributed by atoms with Crippen LogP contribution >= 0.6 is 0 Å². The number of carbonyl (C=O) groups is 1. The van der Waals surface area contributed by atoms with E-state index in [1.807, 2.05) is 12.3 Å². The SMILES string of the molecule is O=C(CC1CC1)NCCn1ccc(-c2cnccn2)n1. The number of hydrogen-bond donors (Lipinski definition) is 1. The molecule has 6 heteroatoms. The Hall–Kier alpha value is -2.24. The van der Waals surface area contributed by atoms with Crippen LogP contribution in [0, 0.1) is 5.92 Å². The minimum absolute atomic E-state index is 0.147. The highest BCUT2D eigenvalue weighted by atomic mass is 16.1. The van der Waals surface area contributed by atoms with Crippen LogP contribution < -0.4 is 5.32 Å². The summed E-state index contributed by atoms with van der Waals surface area (Å²) < 4.78 is 1.81. The molecule has 1 aliphatic carbocycles. The van der Waals surface area contributed by atoms with E-state index in [-0.39, 0.29) is 5.91 Å². The molecule has 1 amide bonds. The summed E-state index contributed by atoms with van der Waals surface area (Å²) in [5.41, 5.74) is 1.55. The van der Waals surface area contributed by atoms with Gasteiger partial charge in [-0.15, -0.1) is 0 Å². The summed E-state index contributed by atoms with van der Waals surface area (Å²) in [6.07, 6.45) is 9.93. The minimum Gasteiger partial charge on any atom is -0.354 e. The van der Waals surface area contributed by atoms with E-state index < -0.39 is 0 Å². The van der Waals surface area contributed by atoms with Gasteiger partial charge >= 0.3 is 0 Å². The van der Waals surface area contributed by atoms with Gasteiger partial charge in [-0.3, -0.25) is 19.4 Å². The van der Waals surface area contributed by atoms with Gasteiger partial charge < -0.3 is 5.32 Å². The Morgan fingerprint density at radius 1 is 1.35 bits per heavy atom. The fourth-order valence-electron chi connectivity index (χ4n) is 2.02. The van der Waals surface area contributed by atoms with Gasteiger partial charge in [0.1, 0.15) is 11.4 Å². The van der Waals surface area contributed by atoms with Crippen molar-refractivity contribution in [2.75, 3.05) is 6.54 Å². The molecule has 6 nitrogen and oxygen atoms in total. The predicted molar refractivity (Wildman–Crippen MR) is 73.6 cm³/mol. The maximum atomic E-state index is 11.6. The highest BCUT2D eigenvalue weighted by Gasteiger charge is 2.23. The monoisotopic (exact) mass is 271 g/mol. The minimum atomic E-state index is 0.147. The van der Waals surface area contributed by atoms with Crippen molar-refractivity contribution in [3.8, 4) is 11.4 Å². The summed E-state index contributed by atoms with van der Waals surface area (Å²) in [7, 11) is 0. The predicted octanol–water partition coefficient (Wildman–Crippen LogP) is 1.26. The molecule has 0 radical (unpaired) electrons.